The van der Waals surface area contributed by atoms with E-state index >= 15 is 0 Å². The third kappa shape index (κ3) is 5.08. The lowest BCUT2D eigenvalue weighted by Crippen LogP contribution is -2.26. The predicted molar refractivity (Wildman–Crippen MR) is 111 cm³/mol. The first-order valence-corrected chi connectivity index (χ1v) is 10.0. The first kappa shape index (κ1) is 22.8. The molecule has 1 aromatic carbocycles. The number of thiazole rings is 1. The summed E-state index contributed by atoms with van der Waals surface area (Å²) >= 11 is 6.87. The van der Waals surface area contributed by atoms with E-state index in [1.807, 2.05) is 0 Å². The summed E-state index contributed by atoms with van der Waals surface area (Å²) in [5.41, 5.74) is -0.0331. The van der Waals surface area contributed by atoms with Gasteiger partial charge in [0.25, 0.3) is 0 Å². The van der Waals surface area contributed by atoms with Crippen molar-refractivity contribution >= 4 is 39.1 Å². The SMILES string of the molecule is C=C(C)COC(=O)C(C)Oc1ccc2sc(=O)n(-c3ncc(C(F)(F)F)cc3Cl)c2c1. The molecule has 0 saturated carbocycles. The molecule has 2 aromatic heterocycles. The summed E-state index contributed by atoms with van der Waals surface area (Å²) in [5.74, 6) is -0.489. The molecule has 0 spiro atoms. The van der Waals surface area contributed by atoms with Gasteiger partial charge in [-0.1, -0.05) is 29.5 Å². The number of hydrogen-bond acceptors (Lipinski definition) is 6. The highest BCUT2D eigenvalue weighted by Crippen LogP contribution is 2.33. The van der Waals surface area contributed by atoms with Crippen molar-refractivity contribution in [2.24, 2.45) is 0 Å². The van der Waals surface area contributed by atoms with Crippen LogP contribution in [0.2, 0.25) is 5.02 Å². The van der Waals surface area contributed by atoms with Crippen LogP contribution in [0.15, 0.2) is 47.4 Å². The van der Waals surface area contributed by atoms with Gasteiger partial charge in [-0.15, -0.1) is 0 Å². The minimum atomic E-state index is -4.62. The van der Waals surface area contributed by atoms with Crippen molar-refractivity contribution < 1.29 is 27.4 Å². The number of esters is 1. The number of pyridine rings is 1. The van der Waals surface area contributed by atoms with Gasteiger partial charge in [0.2, 0.25) is 0 Å². The summed E-state index contributed by atoms with van der Waals surface area (Å²) < 4.78 is 50.9. The van der Waals surface area contributed by atoms with Gasteiger partial charge < -0.3 is 9.47 Å². The third-order valence-corrected chi connectivity index (χ3v) is 5.22. The van der Waals surface area contributed by atoms with E-state index < -0.39 is 28.7 Å². The number of halogens is 4. The second-order valence-corrected chi connectivity index (χ2v) is 8.09. The summed E-state index contributed by atoms with van der Waals surface area (Å²) in [4.78, 5) is 27.8. The molecule has 11 heteroatoms. The molecular formula is C20H16ClF3N2O4S. The zero-order valence-corrected chi connectivity index (χ0v) is 17.9. The van der Waals surface area contributed by atoms with Gasteiger partial charge >= 0.3 is 17.0 Å². The summed E-state index contributed by atoms with van der Waals surface area (Å²) in [6.07, 6.45) is -4.95. The molecule has 0 amide bonds. The predicted octanol–water partition coefficient (Wildman–Crippen LogP) is 5.01. The number of benzene rings is 1. The Kier molecular flexibility index (Phi) is 6.42. The standard InChI is InChI=1S/C20H16ClF3N2O4S/c1-10(2)9-29-18(27)11(3)30-13-4-5-16-15(7-13)26(19(28)31-16)17-14(21)6-12(8-25-17)20(22,23)24/h4-8,11H,1,9H2,2-3H3. The maximum atomic E-state index is 12.9. The number of alkyl halides is 3. The maximum Gasteiger partial charge on any atom is 0.417 e. The molecule has 0 N–H and O–H groups in total. The van der Waals surface area contributed by atoms with Crippen molar-refractivity contribution in [2.75, 3.05) is 6.61 Å². The van der Waals surface area contributed by atoms with Crippen molar-refractivity contribution in [3.05, 3.63) is 62.9 Å². The van der Waals surface area contributed by atoms with Crippen LogP contribution in [0.25, 0.3) is 16.0 Å². The van der Waals surface area contributed by atoms with Crippen LogP contribution in [0.1, 0.15) is 19.4 Å². The van der Waals surface area contributed by atoms with Crippen molar-refractivity contribution in [1.82, 2.24) is 9.55 Å². The van der Waals surface area contributed by atoms with Crippen LogP contribution < -0.4 is 9.61 Å². The molecule has 164 valence electrons. The highest BCUT2D eigenvalue weighted by atomic mass is 35.5. The second-order valence-electron chi connectivity index (χ2n) is 6.68. The van der Waals surface area contributed by atoms with E-state index in [4.69, 9.17) is 21.1 Å². The van der Waals surface area contributed by atoms with E-state index in [0.29, 0.717) is 28.1 Å². The quantitative estimate of drug-likeness (QED) is 0.373. The fourth-order valence-electron chi connectivity index (χ4n) is 2.58. The number of rotatable bonds is 6. The van der Waals surface area contributed by atoms with Crippen LogP contribution >= 0.6 is 22.9 Å². The van der Waals surface area contributed by atoms with E-state index in [2.05, 4.69) is 11.6 Å². The second kappa shape index (κ2) is 8.72. The molecule has 31 heavy (non-hydrogen) atoms. The number of ether oxygens (including phenoxy) is 2. The molecule has 0 bridgehead atoms. The van der Waals surface area contributed by atoms with Crippen molar-refractivity contribution in [2.45, 2.75) is 26.1 Å². The van der Waals surface area contributed by atoms with Gasteiger partial charge in [0, 0.05) is 12.3 Å². The molecule has 1 unspecified atom stereocenters. The molecule has 0 aliphatic carbocycles. The topological polar surface area (TPSA) is 70.4 Å². The first-order valence-electron chi connectivity index (χ1n) is 8.83. The lowest BCUT2D eigenvalue weighted by molar-refractivity contribution is -0.150. The third-order valence-electron chi connectivity index (χ3n) is 4.02. The Balaban J connectivity index is 1.96. The largest absolute Gasteiger partial charge is 0.479 e. The Morgan fingerprint density at radius 1 is 1.35 bits per heavy atom. The van der Waals surface area contributed by atoms with Gasteiger partial charge in [-0.05, 0) is 37.6 Å². The molecular weight excluding hydrogens is 457 g/mol. The summed E-state index contributed by atoms with van der Waals surface area (Å²) in [6, 6.07) is 5.34. The van der Waals surface area contributed by atoms with Crippen LogP contribution in [0.5, 0.6) is 5.75 Å². The van der Waals surface area contributed by atoms with E-state index in [-0.39, 0.29) is 23.2 Å². The fourth-order valence-corrected chi connectivity index (χ4v) is 3.69. The summed E-state index contributed by atoms with van der Waals surface area (Å²) in [6.45, 7) is 6.92. The van der Waals surface area contributed by atoms with Gasteiger partial charge in [-0.3, -0.25) is 4.79 Å². The van der Waals surface area contributed by atoms with Crippen LogP contribution in [-0.2, 0) is 15.7 Å². The number of fused-ring (bicyclic) bond motifs is 1. The smallest absolute Gasteiger partial charge is 0.417 e. The molecule has 3 aromatic rings. The Hall–Kier alpha value is -2.85. The highest BCUT2D eigenvalue weighted by Gasteiger charge is 2.32. The summed E-state index contributed by atoms with van der Waals surface area (Å²) in [7, 11) is 0. The van der Waals surface area contributed by atoms with E-state index in [9.17, 15) is 22.8 Å². The number of hydrogen-bond donors (Lipinski definition) is 0. The number of aromatic nitrogens is 2. The minimum Gasteiger partial charge on any atom is -0.479 e. The van der Waals surface area contributed by atoms with Crippen LogP contribution in [0, 0.1) is 0 Å². The van der Waals surface area contributed by atoms with Gasteiger partial charge in [-0.25, -0.2) is 14.3 Å². The monoisotopic (exact) mass is 472 g/mol. The minimum absolute atomic E-state index is 0.0632. The lowest BCUT2D eigenvalue weighted by Gasteiger charge is -2.14. The zero-order chi connectivity index (χ0) is 22.9. The normalized spacial score (nSPS) is 12.6. The van der Waals surface area contributed by atoms with Crippen molar-refractivity contribution in [3.8, 4) is 11.6 Å². The number of nitrogens with zero attached hydrogens (tertiary/aromatic N) is 2. The first-order chi connectivity index (χ1) is 14.5. The number of carbonyl (C=O) groups is 1. The highest BCUT2D eigenvalue weighted by molar-refractivity contribution is 7.16. The average Bonchev–Trinajstić information content (AvgIpc) is 3.00. The fraction of sp³-hybridized carbons (Fsp3) is 0.250. The molecule has 0 fully saturated rings. The van der Waals surface area contributed by atoms with Gasteiger partial charge in [-0.2, -0.15) is 13.2 Å². The summed E-state index contributed by atoms with van der Waals surface area (Å²) in [5, 5.41) is -0.334. The number of carbonyl (C=O) groups excluding carboxylic acids is 1. The van der Waals surface area contributed by atoms with Gasteiger partial charge in [0.1, 0.15) is 12.4 Å². The lowest BCUT2D eigenvalue weighted by atomic mass is 10.2. The van der Waals surface area contributed by atoms with Crippen LogP contribution in [0.4, 0.5) is 13.2 Å². The average molecular weight is 473 g/mol. The molecule has 0 aliphatic heterocycles. The van der Waals surface area contributed by atoms with E-state index in [0.717, 1.165) is 15.9 Å². The molecule has 0 radical (unpaired) electrons. The zero-order valence-electron chi connectivity index (χ0n) is 16.3. The molecule has 6 nitrogen and oxygen atoms in total. The Morgan fingerprint density at radius 3 is 2.68 bits per heavy atom. The Labute approximate surface area is 183 Å². The van der Waals surface area contributed by atoms with Gasteiger partial charge in [0.15, 0.2) is 11.9 Å². The van der Waals surface area contributed by atoms with Crippen molar-refractivity contribution in [1.29, 1.82) is 0 Å². The molecule has 3 rings (SSSR count). The molecule has 0 saturated heterocycles. The Morgan fingerprint density at radius 2 is 2.06 bits per heavy atom. The van der Waals surface area contributed by atoms with Gasteiger partial charge in [0.05, 0.1) is 20.8 Å². The molecule has 2 heterocycles. The van der Waals surface area contributed by atoms with Crippen LogP contribution in [-0.4, -0.2) is 28.2 Å². The van der Waals surface area contributed by atoms with Crippen LogP contribution in [0.3, 0.4) is 0 Å². The van der Waals surface area contributed by atoms with E-state index in [1.54, 1.807) is 19.1 Å². The maximum absolute atomic E-state index is 12.9. The van der Waals surface area contributed by atoms with E-state index in [1.165, 1.54) is 13.0 Å². The Bertz CT molecular complexity index is 1220. The molecule has 0 aliphatic rings. The molecule has 1 atom stereocenters. The van der Waals surface area contributed by atoms with Crippen molar-refractivity contribution in [3.63, 3.8) is 0 Å².